The molecule has 2 N–H and O–H groups in total. The van der Waals surface area contributed by atoms with E-state index in [1.165, 1.54) is 24.3 Å². The van der Waals surface area contributed by atoms with Gasteiger partial charge in [-0.2, -0.15) is 0 Å². The molecule has 0 aliphatic carbocycles. The number of hydrogen-bond acceptors (Lipinski definition) is 4. The fourth-order valence-corrected chi connectivity index (χ4v) is 3.51. The van der Waals surface area contributed by atoms with E-state index in [9.17, 15) is 8.78 Å². The third-order valence-corrected chi connectivity index (χ3v) is 5.24. The van der Waals surface area contributed by atoms with Crippen LogP contribution in [-0.2, 0) is 0 Å². The smallest absolute Gasteiger partial charge is 0.227 e. The summed E-state index contributed by atoms with van der Waals surface area (Å²) in [6, 6.07) is 21.8. The van der Waals surface area contributed by atoms with Crippen molar-refractivity contribution < 1.29 is 8.78 Å². The zero-order valence-corrected chi connectivity index (χ0v) is 17.7. The quantitative estimate of drug-likeness (QED) is 0.327. The maximum Gasteiger partial charge on any atom is 0.227 e. The molecule has 2 heterocycles. The summed E-state index contributed by atoms with van der Waals surface area (Å²) in [5, 5.41) is 3.25. The molecule has 0 aliphatic heterocycles. The molecule has 7 heteroatoms. The Morgan fingerprint density at radius 2 is 1.42 bits per heavy atom. The minimum absolute atomic E-state index is 0.327. The average Bonchev–Trinajstić information content (AvgIpc) is 3.27. The van der Waals surface area contributed by atoms with Crippen LogP contribution in [0.15, 0.2) is 85.1 Å². The lowest BCUT2D eigenvalue weighted by Crippen LogP contribution is -1.99. The number of H-pyrrole nitrogens is 1. The summed E-state index contributed by atoms with van der Waals surface area (Å²) in [5.41, 5.74) is 5.29. The highest BCUT2D eigenvalue weighted by molar-refractivity contribution is 5.80. The zero-order valence-electron chi connectivity index (χ0n) is 17.7. The van der Waals surface area contributed by atoms with Crippen molar-refractivity contribution in [3.05, 3.63) is 102 Å². The van der Waals surface area contributed by atoms with E-state index in [0.717, 1.165) is 22.4 Å². The van der Waals surface area contributed by atoms with Crippen LogP contribution in [0.3, 0.4) is 0 Å². The van der Waals surface area contributed by atoms with Crippen molar-refractivity contribution in [1.82, 2.24) is 19.9 Å². The Labute approximate surface area is 189 Å². The minimum Gasteiger partial charge on any atom is -0.336 e. The summed E-state index contributed by atoms with van der Waals surface area (Å²) < 4.78 is 27.0. The normalized spacial score (nSPS) is 10.9. The molecular weight excluding hydrogens is 420 g/mol. The summed E-state index contributed by atoms with van der Waals surface area (Å²) in [6.07, 6.45) is 1.66. The largest absolute Gasteiger partial charge is 0.336 e. The van der Waals surface area contributed by atoms with E-state index in [1.807, 2.05) is 31.2 Å². The number of aromatic nitrogens is 4. The number of anilines is 2. The molecule has 5 nitrogen and oxygen atoms in total. The van der Waals surface area contributed by atoms with E-state index in [0.29, 0.717) is 28.9 Å². The fourth-order valence-electron chi connectivity index (χ4n) is 3.51. The van der Waals surface area contributed by atoms with Gasteiger partial charge >= 0.3 is 0 Å². The Morgan fingerprint density at radius 3 is 2.12 bits per heavy atom. The summed E-state index contributed by atoms with van der Waals surface area (Å²) in [7, 11) is 0. The van der Waals surface area contributed by atoms with Crippen LogP contribution in [0.1, 0.15) is 5.56 Å². The van der Waals surface area contributed by atoms with Crippen LogP contribution in [0.5, 0.6) is 0 Å². The Balaban J connectivity index is 1.60. The molecule has 2 aromatic heterocycles. The first-order valence-corrected chi connectivity index (χ1v) is 10.3. The topological polar surface area (TPSA) is 66.5 Å². The highest BCUT2D eigenvalue weighted by Gasteiger charge is 2.17. The molecule has 0 aliphatic rings. The van der Waals surface area contributed by atoms with Gasteiger partial charge < -0.3 is 10.3 Å². The number of nitrogens with one attached hydrogen (secondary N) is 2. The molecule has 33 heavy (non-hydrogen) atoms. The molecule has 0 atom stereocenters. The Hall–Kier alpha value is -4.39. The predicted octanol–water partition coefficient (Wildman–Crippen LogP) is 6.53. The molecular formula is C26H19F2N5. The molecule has 0 amide bonds. The highest BCUT2D eigenvalue weighted by atomic mass is 19.1. The number of halogens is 2. The van der Waals surface area contributed by atoms with Crippen molar-refractivity contribution in [1.29, 1.82) is 0 Å². The molecule has 0 radical (unpaired) electrons. The van der Waals surface area contributed by atoms with Crippen LogP contribution in [0.4, 0.5) is 20.4 Å². The van der Waals surface area contributed by atoms with Gasteiger partial charge in [0.15, 0.2) is 0 Å². The lowest BCUT2D eigenvalue weighted by Gasteiger charge is -2.09. The number of benzene rings is 3. The summed E-state index contributed by atoms with van der Waals surface area (Å²) >= 11 is 0. The maximum atomic E-state index is 13.5. The minimum atomic E-state index is -0.332. The van der Waals surface area contributed by atoms with Crippen LogP contribution in [0, 0.1) is 18.6 Å². The van der Waals surface area contributed by atoms with Crippen LogP contribution >= 0.6 is 0 Å². The monoisotopic (exact) mass is 439 g/mol. The van der Waals surface area contributed by atoms with Crippen molar-refractivity contribution in [2.24, 2.45) is 0 Å². The number of nitrogens with zero attached hydrogens (tertiary/aromatic N) is 3. The molecule has 5 aromatic rings. The highest BCUT2D eigenvalue weighted by Crippen LogP contribution is 2.33. The van der Waals surface area contributed by atoms with E-state index in [2.05, 4.69) is 20.3 Å². The van der Waals surface area contributed by atoms with Gasteiger partial charge in [0.1, 0.15) is 17.5 Å². The molecule has 0 fully saturated rings. The first-order valence-electron chi connectivity index (χ1n) is 10.3. The van der Waals surface area contributed by atoms with Gasteiger partial charge in [-0.1, -0.05) is 18.2 Å². The second-order valence-corrected chi connectivity index (χ2v) is 7.53. The second-order valence-electron chi connectivity index (χ2n) is 7.53. The van der Waals surface area contributed by atoms with Crippen molar-refractivity contribution in [2.45, 2.75) is 6.92 Å². The van der Waals surface area contributed by atoms with E-state index in [-0.39, 0.29) is 11.6 Å². The van der Waals surface area contributed by atoms with Crippen LogP contribution in [0.25, 0.3) is 34.0 Å². The Bertz CT molecular complexity index is 1410. The van der Waals surface area contributed by atoms with E-state index < -0.39 is 0 Å². The molecule has 3 aromatic carbocycles. The number of hydrogen-bond donors (Lipinski definition) is 2. The molecule has 0 bridgehead atoms. The number of aromatic amines is 1. The lowest BCUT2D eigenvalue weighted by molar-refractivity contribution is 0.627. The lowest BCUT2D eigenvalue weighted by atomic mass is 10.1. The SMILES string of the molecule is Cc1ccccc1Nc1nccc(-c2[nH]c(-c3ccc(F)cc3)nc2-c2ccc(F)cc2)n1. The van der Waals surface area contributed by atoms with Crippen LogP contribution in [-0.4, -0.2) is 19.9 Å². The number of imidazole rings is 1. The average molecular weight is 439 g/mol. The first kappa shape index (κ1) is 20.5. The van der Waals surface area contributed by atoms with Crippen LogP contribution < -0.4 is 5.32 Å². The maximum absolute atomic E-state index is 13.5. The molecule has 5 rings (SSSR count). The van der Waals surface area contributed by atoms with Gasteiger partial charge in [0, 0.05) is 23.0 Å². The summed E-state index contributed by atoms with van der Waals surface area (Å²) in [4.78, 5) is 17.1. The molecule has 0 saturated carbocycles. The van der Waals surface area contributed by atoms with Gasteiger partial charge in [-0.05, 0) is 73.2 Å². The molecule has 162 valence electrons. The first-order chi connectivity index (χ1) is 16.1. The van der Waals surface area contributed by atoms with Gasteiger partial charge in [0.25, 0.3) is 0 Å². The third kappa shape index (κ3) is 4.34. The van der Waals surface area contributed by atoms with Gasteiger partial charge in [-0.3, -0.25) is 0 Å². The predicted molar refractivity (Wildman–Crippen MR) is 125 cm³/mol. The summed E-state index contributed by atoms with van der Waals surface area (Å²) in [6.45, 7) is 2.00. The van der Waals surface area contributed by atoms with E-state index in [1.54, 1.807) is 36.5 Å². The standard InChI is InChI=1S/C26H19F2N5/c1-16-4-2-3-5-21(16)30-26-29-15-14-22(31-26)24-23(17-6-10-19(27)11-7-17)32-25(33-24)18-8-12-20(28)13-9-18/h2-15H,1H3,(H,32,33)(H,29,30,31). The zero-order chi connectivity index (χ0) is 22.8. The molecule has 0 unspecified atom stereocenters. The Kier molecular flexibility index (Phi) is 5.36. The number of aryl methyl sites for hydroxylation is 1. The van der Waals surface area contributed by atoms with E-state index in [4.69, 9.17) is 4.98 Å². The van der Waals surface area contributed by atoms with Crippen LogP contribution in [0.2, 0.25) is 0 Å². The van der Waals surface area contributed by atoms with Gasteiger partial charge in [-0.25, -0.2) is 23.7 Å². The molecule has 0 spiro atoms. The summed E-state index contributed by atoms with van der Waals surface area (Å²) in [5.74, 6) is 0.328. The third-order valence-electron chi connectivity index (χ3n) is 5.24. The number of para-hydroxylation sites is 1. The number of rotatable bonds is 5. The van der Waals surface area contributed by atoms with Crippen molar-refractivity contribution >= 4 is 11.6 Å². The van der Waals surface area contributed by atoms with Crippen molar-refractivity contribution in [2.75, 3.05) is 5.32 Å². The van der Waals surface area contributed by atoms with Gasteiger partial charge in [0.2, 0.25) is 5.95 Å². The van der Waals surface area contributed by atoms with Crippen molar-refractivity contribution in [3.63, 3.8) is 0 Å². The fraction of sp³-hybridized carbons (Fsp3) is 0.0385. The van der Waals surface area contributed by atoms with Gasteiger partial charge in [-0.15, -0.1) is 0 Å². The van der Waals surface area contributed by atoms with Gasteiger partial charge in [0.05, 0.1) is 17.1 Å². The Morgan fingerprint density at radius 1 is 0.758 bits per heavy atom. The molecule has 0 saturated heterocycles. The van der Waals surface area contributed by atoms with Crippen molar-refractivity contribution in [3.8, 4) is 34.0 Å². The second kappa shape index (κ2) is 8.63. The van der Waals surface area contributed by atoms with E-state index >= 15 is 0 Å².